The van der Waals surface area contributed by atoms with Crippen molar-refractivity contribution in [3.05, 3.63) is 63.8 Å². The van der Waals surface area contributed by atoms with E-state index in [0.29, 0.717) is 5.69 Å². The largest absolute Gasteiger partial charge is 0.504 e. The number of phenols is 1. The van der Waals surface area contributed by atoms with E-state index >= 15 is 0 Å². The summed E-state index contributed by atoms with van der Waals surface area (Å²) in [5.41, 5.74) is 0.575. The zero-order valence-electron chi connectivity index (χ0n) is 14.4. The lowest BCUT2D eigenvalue weighted by Gasteiger charge is -2.16. The number of rotatable bonds is 4. The maximum atomic E-state index is 12.9. The normalized spacial score (nSPS) is 15.6. The number of hydrogen-bond acceptors (Lipinski definition) is 6. The Bertz CT molecular complexity index is 974. The number of nitro benzene ring substituents is 1. The van der Waals surface area contributed by atoms with Gasteiger partial charge in [0.05, 0.1) is 23.8 Å². The fraction of sp³-hybridized carbons (Fsp3) is 0.111. The maximum Gasteiger partial charge on any atom is 0.281 e. The molecule has 8 nitrogen and oxygen atoms in total. The van der Waals surface area contributed by atoms with Crippen molar-refractivity contribution in [2.45, 2.75) is 0 Å². The Morgan fingerprint density at radius 2 is 1.93 bits per heavy atom. The van der Waals surface area contributed by atoms with Gasteiger partial charge in [-0.3, -0.25) is 19.8 Å². The van der Waals surface area contributed by atoms with Crippen LogP contribution in [0.4, 0.5) is 11.4 Å². The summed E-state index contributed by atoms with van der Waals surface area (Å²) in [6, 6.07) is 11.2. The highest BCUT2D eigenvalue weighted by molar-refractivity contribution is 7.80. The molecule has 27 heavy (non-hydrogen) atoms. The van der Waals surface area contributed by atoms with E-state index in [4.69, 9.17) is 17.0 Å². The van der Waals surface area contributed by atoms with Crippen LogP contribution in [0.1, 0.15) is 5.56 Å². The zero-order chi connectivity index (χ0) is 19.7. The van der Waals surface area contributed by atoms with Gasteiger partial charge in [-0.1, -0.05) is 18.2 Å². The number of amides is 1. The first-order valence-electron chi connectivity index (χ1n) is 7.79. The quantitative estimate of drug-likeness (QED) is 0.374. The fourth-order valence-electron chi connectivity index (χ4n) is 2.69. The van der Waals surface area contributed by atoms with Gasteiger partial charge in [-0.25, -0.2) is 0 Å². The average molecular weight is 385 g/mol. The summed E-state index contributed by atoms with van der Waals surface area (Å²) in [6.45, 7) is 0. The Hall–Kier alpha value is -3.46. The molecular formula is C18H15N3O5S. The van der Waals surface area contributed by atoms with Gasteiger partial charge in [0.15, 0.2) is 16.6 Å². The van der Waals surface area contributed by atoms with E-state index in [2.05, 4.69) is 0 Å². The molecule has 1 saturated heterocycles. The minimum atomic E-state index is -0.606. The Balaban J connectivity index is 2.10. The third-order valence-electron chi connectivity index (χ3n) is 4.09. The number of para-hydroxylation sites is 1. The van der Waals surface area contributed by atoms with Gasteiger partial charge in [-0.15, -0.1) is 0 Å². The number of methoxy groups -OCH3 is 1. The molecule has 2 aromatic carbocycles. The zero-order valence-corrected chi connectivity index (χ0v) is 15.3. The van der Waals surface area contributed by atoms with Crippen LogP contribution >= 0.6 is 12.2 Å². The van der Waals surface area contributed by atoms with E-state index in [-0.39, 0.29) is 33.6 Å². The van der Waals surface area contributed by atoms with E-state index in [9.17, 15) is 20.0 Å². The summed E-state index contributed by atoms with van der Waals surface area (Å²) < 4.78 is 4.99. The fourth-order valence-corrected chi connectivity index (χ4v) is 2.98. The highest BCUT2D eigenvalue weighted by atomic mass is 32.1. The van der Waals surface area contributed by atoms with Gasteiger partial charge in [-0.05, 0) is 30.4 Å². The van der Waals surface area contributed by atoms with Crippen molar-refractivity contribution >= 4 is 40.7 Å². The highest BCUT2D eigenvalue weighted by Gasteiger charge is 2.37. The molecule has 0 atom stereocenters. The summed E-state index contributed by atoms with van der Waals surface area (Å²) in [5, 5.41) is 21.7. The molecule has 1 aliphatic rings. The van der Waals surface area contributed by atoms with Crippen LogP contribution in [0, 0.1) is 10.1 Å². The van der Waals surface area contributed by atoms with Crippen molar-refractivity contribution in [2.24, 2.45) is 0 Å². The van der Waals surface area contributed by atoms with Crippen LogP contribution in [0.15, 0.2) is 48.2 Å². The number of hydrogen-bond donors (Lipinski definition) is 1. The summed E-state index contributed by atoms with van der Waals surface area (Å²) in [5.74, 6) is -0.772. The lowest BCUT2D eigenvalue weighted by molar-refractivity contribution is -0.385. The van der Waals surface area contributed by atoms with Crippen LogP contribution in [0.25, 0.3) is 6.08 Å². The summed E-state index contributed by atoms with van der Waals surface area (Å²) in [4.78, 5) is 26.3. The van der Waals surface area contributed by atoms with E-state index in [1.807, 2.05) is 6.07 Å². The third kappa shape index (κ3) is 3.20. The molecule has 0 aliphatic carbocycles. The number of non-ortho nitro benzene ring substituents is 1. The number of aromatic hydroxyl groups is 1. The van der Waals surface area contributed by atoms with Crippen molar-refractivity contribution < 1.29 is 19.6 Å². The Kier molecular flexibility index (Phi) is 4.78. The Morgan fingerprint density at radius 3 is 2.52 bits per heavy atom. The minimum absolute atomic E-state index is 0.0633. The summed E-state index contributed by atoms with van der Waals surface area (Å²) in [7, 11) is 2.90. The molecule has 0 spiro atoms. The average Bonchev–Trinajstić information content (AvgIpc) is 2.87. The van der Waals surface area contributed by atoms with Crippen LogP contribution in [-0.4, -0.2) is 40.1 Å². The van der Waals surface area contributed by atoms with E-state index in [0.717, 1.165) is 6.07 Å². The summed E-state index contributed by atoms with van der Waals surface area (Å²) >= 11 is 5.36. The number of nitrogens with zero attached hydrogens (tertiary/aromatic N) is 3. The Morgan fingerprint density at radius 1 is 1.26 bits per heavy atom. The predicted octanol–water partition coefficient (Wildman–Crippen LogP) is 2.91. The third-order valence-corrected chi connectivity index (χ3v) is 4.54. The lowest BCUT2D eigenvalue weighted by Crippen LogP contribution is -2.30. The number of phenolic OH excluding ortho intramolecular Hbond substituents is 1. The molecule has 0 radical (unpaired) electrons. The number of thiocarbonyl (C=S) groups is 1. The van der Waals surface area contributed by atoms with Gasteiger partial charge in [0, 0.05) is 18.7 Å². The van der Waals surface area contributed by atoms with Crippen molar-refractivity contribution in [3.8, 4) is 11.5 Å². The molecule has 1 fully saturated rings. The first kappa shape index (κ1) is 18.3. The SMILES string of the molecule is COc1cc([N+](=O)[O-])cc(/C=C2/C(=O)N(c3ccccc3)C(=S)N2C)c1O. The smallest absolute Gasteiger partial charge is 0.281 e. The molecule has 0 unspecified atom stereocenters. The number of anilines is 1. The maximum absolute atomic E-state index is 12.9. The first-order chi connectivity index (χ1) is 12.8. The van der Waals surface area contributed by atoms with Gasteiger partial charge in [-0.2, -0.15) is 0 Å². The van der Waals surface area contributed by atoms with Crippen molar-refractivity contribution in [1.29, 1.82) is 0 Å². The second-order valence-electron chi connectivity index (χ2n) is 5.69. The minimum Gasteiger partial charge on any atom is -0.504 e. The van der Waals surface area contributed by atoms with Crippen molar-refractivity contribution in [2.75, 3.05) is 19.1 Å². The molecule has 1 N–H and O–H groups in total. The van der Waals surface area contributed by atoms with Gasteiger partial charge >= 0.3 is 0 Å². The molecule has 1 heterocycles. The summed E-state index contributed by atoms with van der Waals surface area (Å²) in [6.07, 6.45) is 1.35. The molecule has 2 aromatic rings. The number of benzene rings is 2. The molecule has 138 valence electrons. The number of carbonyl (C=O) groups excluding carboxylic acids is 1. The van der Waals surface area contributed by atoms with Crippen LogP contribution in [0.5, 0.6) is 11.5 Å². The molecule has 3 rings (SSSR count). The second kappa shape index (κ2) is 7.04. The van der Waals surface area contributed by atoms with Crippen LogP contribution in [0.3, 0.4) is 0 Å². The van der Waals surface area contributed by atoms with Gasteiger partial charge in [0.2, 0.25) is 0 Å². The molecule has 1 amide bonds. The Labute approximate surface area is 160 Å². The topological polar surface area (TPSA) is 96.1 Å². The molecule has 0 bridgehead atoms. The molecule has 9 heteroatoms. The number of carbonyl (C=O) groups is 1. The molecule has 0 aromatic heterocycles. The van der Waals surface area contributed by atoms with Crippen LogP contribution in [0.2, 0.25) is 0 Å². The number of likely N-dealkylation sites (N-methyl/N-ethyl adjacent to an activating group) is 1. The van der Waals surface area contributed by atoms with Gasteiger partial charge in [0.1, 0.15) is 5.70 Å². The first-order valence-corrected chi connectivity index (χ1v) is 8.20. The van der Waals surface area contributed by atoms with Gasteiger partial charge in [0.25, 0.3) is 11.6 Å². The molecule has 0 saturated carbocycles. The predicted molar refractivity (Wildman–Crippen MR) is 104 cm³/mol. The molecular weight excluding hydrogens is 370 g/mol. The highest BCUT2D eigenvalue weighted by Crippen LogP contribution is 2.37. The lowest BCUT2D eigenvalue weighted by atomic mass is 10.1. The van der Waals surface area contributed by atoms with Crippen molar-refractivity contribution in [1.82, 2.24) is 4.90 Å². The van der Waals surface area contributed by atoms with E-state index in [1.165, 1.54) is 29.1 Å². The van der Waals surface area contributed by atoms with Crippen LogP contribution in [-0.2, 0) is 4.79 Å². The van der Waals surface area contributed by atoms with E-state index < -0.39 is 10.8 Å². The number of nitro groups is 1. The van der Waals surface area contributed by atoms with E-state index in [1.54, 1.807) is 31.3 Å². The van der Waals surface area contributed by atoms with Crippen LogP contribution < -0.4 is 9.64 Å². The second-order valence-corrected chi connectivity index (χ2v) is 6.06. The standard InChI is InChI=1S/C18H15N3O5S/c1-19-14(17(23)20(18(19)27)12-6-4-3-5-7-12)9-11-8-13(21(24)25)10-15(26-2)16(11)22/h3-10,22H,1-2H3/b14-9-. The number of ether oxygens (including phenoxy) is 1. The monoisotopic (exact) mass is 385 g/mol. The van der Waals surface area contributed by atoms with Crippen molar-refractivity contribution in [3.63, 3.8) is 0 Å². The van der Waals surface area contributed by atoms with Gasteiger partial charge < -0.3 is 14.7 Å². The molecule has 1 aliphatic heterocycles.